The fourth-order valence-electron chi connectivity index (χ4n) is 3.55. The summed E-state index contributed by atoms with van der Waals surface area (Å²) in [5.74, 6) is -1.46. The van der Waals surface area contributed by atoms with Gasteiger partial charge in [0.15, 0.2) is 0 Å². The second kappa shape index (κ2) is 7.42. The SMILES string of the molecule is O=C(Nc1ccc(F)cc1)[C@@H]1CC(=O)N(CCc2c[nH]c3ccc(F)cc23)C1. The number of carbonyl (C=O) groups excluding carboxylic acids is 2. The van der Waals surface area contributed by atoms with Crippen molar-refractivity contribution in [1.29, 1.82) is 0 Å². The number of likely N-dealkylation sites (tertiary alicyclic amines) is 1. The predicted octanol–water partition coefficient (Wildman–Crippen LogP) is 3.48. The van der Waals surface area contributed by atoms with Crippen LogP contribution in [0.25, 0.3) is 10.9 Å². The molecule has 2 N–H and O–H groups in total. The zero-order valence-electron chi connectivity index (χ0n) is 15.0. The lowest BCUT2D eigenvalue weighted by molar-refractivity contribution is -0.128. The van der Waals surface area contributed by atoms with E-state index in [1.165, 1.54) is 36.4 Å². The molecule has 2 amide bonds. The molecule has 7 heteroatoms. The van der Waals surface area contributed by atoms with Gasteiger partial charge in [0.25, 0.3) is 0 Å². The van der Waals surface area contributed by atoms with Crippen LogP contribution in [0.4, 0.5) is 14.5 Å². The minimum absolute atomic E-state index is 0.0784. The lowest BCUT2D eigenvalue weighted by atomic mass is 10.1. The third kappa shape index (κ3) is 3.74. The second-order valence-electron chi connectivity index (χ2n) is 6.99. The number of nitrogens with one attached hydrogen (secondary N) is 2. The molecule has 1 fully saturated rings. The molecule has 2 heterocycles. The van der Waals surface area contributed by atoms with Crippen LogP contribution in [0.3, 0.4) is 0 Å². The van der Waals surface area contributed by atoms with Gasteiger partial charge >= 0.3 is 0 Å². The van der Waals surface area contributed by atoms with E-state index >= 15 is 0 Å². The Hall–Kier alpha value is -3.22. The average Bonchev–Trinajstić information content (AvgIpc) is 3.25. The number of aromatic amines is 1. The van der Waals surface area contributed by atoms with Crippen LogP contribution in [0.5, 0.6) is 0 Å². The maximum absolute atomic E-state index is 13.5. The first kappa shape index (κ1) is 18.2. The van der Waals surface area contributed by atoms with E-state index in [4.69, 9.17) is 0 Å². The molecule has 0 saturated carbocycles. The van der Waals surface area contributed by atoms with Crippen LogP contribution >= 0.6 is 0 Å². The molecule has 4 rings (SSSR count). The summed E-state index contributed by atoms with van der Waals surface area (Å²) < 4.78 is 26.5. The number of fused-ring (bicyclic) bond motifs is 1. The first-order chi connectivity index (χ1) is 13.5. The maximum Gasteiger partial charge on any atom is 0.229 e. The van der Waals surface area contributed by atoms with Crippen molar-refractivity contribution in [3.8, 4) is 0 Å². The number of nitrogens with zero attached hydrogens (tertiary/aromatic N) is 1. The number of hydrogen-bond donors (Lipinski definition) is 2. The summed E-state index contributed by atoms with van der Waals surface area (Å²) in [6.07, 6.45) is 2.54. The molecule has 28 heavy (non-hydrogen) atoms. The third-order valence-corrected chi connectivity index (χ3v) is 5.08. The number of aromatic nitrogens is 1. The Kier molecular flexibility index (Phi) is 4.81. The lowest BCUT2D eigenvalue weighted by Crippen LogP contribution is -2.30. The van der Waals surface area contributed by atoms with Crippen molar-refractivity contribution >= 4 is 28.4 Å². The van der Waals surface area contributed by atoms with Gasteiger partial charge in [-0.05, 0) is 54.4 Å². The number of amides is 2. The molecule has 0 aliphatic carbocycles. The summed E-state index contributed by atoms with van der Waals surface area (Å²) >= 11 is 0. The number of rotatable bonds is 5. The van der Waals surface area contributed by atoms with Crippen molar-refractivity contribution in [3.63, 3.8) is 0 Å². The molecule has 5 nitrogen and oxygen atoms in total. The van der Waals surface area contributed by atoms with E-state index in [0.717, 1.165) is 16.5 Å². The van der Waals surface area contributed by atoms with Gasteiger partial charge in [-0.3, -0.25) is 9.59 Å². The summed E-state index contributed by atoms with van der Waals surface area (Å²) in [5.41, 5.74) is 2.28. The van der Waals surface area contributed by atoms with E-state index in [9.17, 15) is 18.4 Å². The lowest BCUT2D eigenvalue weighted by Gasteiger charge is -2.16. The van der Waals surface area contributed by atoms with Gasteiger partial charge in [0.05, 0.1) is 5.92 Å². The van der Waals surface area contributed by atoms with Crippen LogP contribution in [0.2, 0.25) is 0 Å². The molecule has 1 aromatic heterocycles. The summed E-state index contributed by atoms with van der Waals surface area (Å²) in [6, 6.07) is 10.1. The van der Waals surface area contributed by atoms with Gasteiger partial charge in [0.2, 0.25) is 11.8 Å². The van der Waals surface area contributed by atoms with Crippen molar-refractivity contribution in [3.05, 3.63) is 65.9 Å². The van der Waals surface area contributed by atoms with Gasteiger partial charge < -0.3 is 15.2 Å². The van der Waals surface area contributed by atoms with E-state index in [1.54, 1.807) is 11.0 Å². The van der Waals surface area contributed by atoms with Gasteiger partial charge in [0.1, 0.15) is 11.6 Å². The molecule has 1 aliphatic heterocycles. The smallest absolute Gasteiger partial charge is 0.229 e. The van der Waals surface area contributed by atoms with Gasteiger partial charge in [-0.1, -0.05) is 0 Å². The molecule has 0 spiro atoms. The van der Waals surface area contributed by atoms with E-state index in [0.29, 0.717) is 25.2 Å². The van der Waals surface area contributed by atoms with Crippen molar-refractivity contribution in [2.45, 2.75) is 12.8 Å². The normalized spacial score (nSPS) is 16.7. The van der Waals surface area contributed by atoms with E-state index in [2.05, 4.69) is 10.3 Å². The highest BCUT2D eigenvalue weighted by Gasteiger charge is 2.34. The largest absolute Gasteiger partial charge is 0.361 e. The number of H-pyrrole nitrogens is 1. The summed E-state index contributed by atoms with van der Waals surface area (Å²) in [4.78, 5) is 29.5. The Morgan fingerprint density at radius 2 is 1.89 bits per heavy atom. The van der Waals surface area contributed by atoms with Crippen LogP contribution in [-0.2, 0) is 16.0 Å². The molecule has 0 unspecified atom stereocenters. The molecule has 0 radical (unpaired) electrons. The molecule has 144 valence electrons. The summed E-state index contributed by atoms with van der Waals surface area (Å²) in [7, 11) is 0. The molecule has 1 aliphatic rings. The Bertz CT molecular complexity index is 1030. The number of halogens is 2. The number of carbonyl (C=O) groups is 2. The summed E-state index contributed by atoms with van der Waals surface area (Å²) in [6.45, 7) is 0.797. The maximum atomic E-state index is 13.5. The Labute approximate surface area is 160 Å². The quantitative estimate of drug-likeness (QED) is 0.709. The first-order valence-electron chi connectivity index (χ1n) is 9.09. The third-order valence-electron chi connectivity index (χ3n) is 5.08. The number of anilines is 1. The van der Waals surface area contributed by atoms with Crippen LogP contribution < -0.4 is 5.32 Å². The first-order valence-corrected chi connectivity index (χ1v) is 9.09. The van der Waals surface area contributed by atoms with Crippen molar-refractivity contribution in [2.24, 2.45) is 5.92 Å². The highest BCUT2D eigenvalue weighted by Crippen LogP contribution is 2.23. The van der Waals surface area contributed by atoms with Gasteiger partial charge in [-0.25, -0.2) is 8.78 Å². The number of benzene rings is 2. The van der Waals surface area contributed by atoms with Crippen LogP contribution in [0, 0.1) is 17.6 Å². The highest BCUT2D eigenvalue weighted by molar-refractivity contribution is 5.97. The van der Waals surface area contributed by atoms with Crippen LogP contribution in [-0.4, -0.2) is 34.8 Å². The second-order valence-corrected chi connectivity index (χ2v) is 6.99. The number of hydrogen-bond acceptors (Lipinski definition) is 2. The zero-order valence-corrected chi connectivity index (χ0v) is 15.0. The van der Waals surface area contributed by atoms with Gasteiger partial charge in [0, 0.05) is 42.3 Å². The zero-order chi connectivity index (χ0) is 19.7. The van der Waals surface area contributed by atoms with E-state index < -0.39 is 5.92 Å². The fraction of sp³-hybridized carbons (Fsp3) is 0.238. The van der Waals surface area contributed by atoms with Crippen LogP contribution in [0.15, 0.2) is 48.7 Å². The topological polar surface area (TPSA) is 65.2 Å². The van der Waals surface area contributed by atoms with Crippen molar-refractivity contribution in [2.75, 3.05) is 18.4 Å². The van der Waals surface area contributed by atoms with E-state index in [1.807, 2.05) is 6.20 Å². The van der Waals surface area contributed by atoms with Crippen molar-refractivity contribution < 1.29 is 18.4 Å². The Morgan fingerprint density at radius 3 is 2.68 bits per heavy atom. The highest BCUT2D eigenvalue weighted by atomic mass is 19.1. The minimum atomic E-state index is -0.446. The molecule has 3 aromatic rings. The predicted molar refractivity (Wildman–Crippen MR) is 102 cm³/mol. The van der Waals surface area contributed by atoms with Crippen LogP contribution in [0.1, 0.15) is 12.0 Å². The molecule has 2 aromatic carbocycles. The molecular formula is C21H19F2N3O2. The summed E-state index contributed by atoms with van der Waals surface area (Å²) in [5, 5.41) is 3.52. The molecule has 1 atom stereocenters. The van der Waals surface area contributed by atoms with Gasteiger partial charge in [-0.2, -0.15) is 0 Å². The minimum Gasteiger partial charge on any atom is -0.361 e. The van der Waals surface area contributed by atoms with Gasteiger partial charge in [-0.15, -0.1) is 0 Å². The fourth-order valence-corrected chi connectivity index (χ4v) is 3.55. The average molecular weight is 383 g/mol. The van der Waals surface area contributed by atoms with E-state index in [-0.39, 0.29) is 29.9 Å². The molecule has 0 bridgehead atoms. The molecular weight excluding hydrogens is 364 g/mol. The Morgan fingerprint density at radius 1 is 1.14 bits per heavy atom. The van der Waals surface area contributed by atoms with Crippen molar-refractivity contribution in [1.82, 2.24) is 9.88 Å². The Balaban J connectivity index is 1.37. The standard InChI is InChI=1S/C21H19F2N3O2/c22-15-1-4-17(5-2-15)25-21(28)14-9-20(27)26(12-14)8-7-13-11-24-19-6-3-16(23)10-18(13)19/h1-6,10-11,14,24H,7-9,12H2,(H,25,28)/t14-/m1/s1. The monoisotopic (exact) mass is 383 g/mol. The molecule has 1 saturated heterocycles.